The van der Waals surface area contributed by atoms with Gasteiger partial charge in [0.1, 0.15) is 0 Å². The van der Waals surface area contributed by atoms with Gasteiger partial charge in [0.25, 0.3) is 0 Å². The van der Waals surface area contributed by atoms with Crippen LogP contribution in [0, 0.1) is 5.92 Å². The Hall–Kier alpha value is -0.250. The highest BCUT2D eigenvalue weighted by Crippen LogP contribution is 2.24. The summed E-state index contributed by atoms with van der Waals surface area (Å²) >= 11 is 0. The standard InChI is InChI=1S/C11H22F3N/c1-4-10(15-5-2)9(3)7-6-8-11(12,13)14/h9-10,15H,4-8H2,1-3H3. The Morgan fingerprint density at radius 1 is 1.20 bits per heavy atom. The number of alkyl halides is 3. The minimum Gasteiger partial charge on any atom is -0.314 e. The average Bonchev–Trinajstić information content (AvgIpc) is 2.11. The van der Waals surface area contributed by atoms with Crippen molar-refractivity contribution in [3.05, 3.63) is 0 Å². The summed E-state index contributed by atoms with van der Waals surface area (Å²) in [5.41, 5.74) is 0. The summed E-state index contributed by atoms with van der Waals surface area (Å²) in [7, 11) is 0. The van der Waals surface area contributed by atoms with Crippen molar-refractivity contribution in [3.63, 3.8) is 0 Å². The van der Waals surface area contributed by atoms with E-state index in [0.717, 1.165) is 13.0 Å². The molecular formula is C11H22F3N. The van der Waals surface area contributed by atoms with Gasteiger partial charge in [0.05, 0.1) is 0 Å². The van der Waals surface area contributed by atoms with Crippen molar-refractivity contribution < 1.29 is 13.2 Å². The molecular weight excluding hydrogens is 203 g/mol. The molecule has 0 saturated carbocycles. The van der Waals surface area contributed by atoms with E-state index in [1.165, 1.54) is 0 Å². The molecule has 2 unspecified atom stereocenters. The molecule has 4 heteroatoms. The molecule has 1 nitrogen and oxygen atoms in total. The second kappa shape index (κ2) is 7.09. The highest BCUT2D eigenvalue weighted by molar-refractivity contribution is 4.71. The molecule has 0 radical (unpaired) electrons. The maximum Gasteiger partial charge on any atom is 0.389 e. The number of hydrogen-bond acceptors (Lipinski definition) is 1. The van der Waals surface area contributed by atoms with E-state index in [4.69, 9.17) is 0 Å². The Bertz CT molecular complexity index is 156. The van der Waals surface area contributed by atoms with Gasteiger partial charge in [-0.05, 0) is 31.7 Å². The van der Waals surface area contributed by atoms with E-state index in [-0.39, 0.29) is 6.42 Å². The van der Waals surface area contributed by atoms with Gasteiger partial charge in [0.2, 0.25) is 0 Å². The molecule has 92 valence electrons. The zero-order chi connectivity index (χ0) is 11.9. The first kappa shape index (κ1) is 14.8. The molecule has 0 aromatic carbocycles. The minimum atomic E-state index is -4.00. The third-order valence-corrected chi connectivity index (χ3v) is 2.71. The summed E-state index contributed by atoms with van der Waals surface area (Å²) in [6.45, 7) is 6.98. The summed E-state index contributed by atoms with van der Waals surface area (Å²) in [5.74, 6) is 0.317. The Kier molecular flexibility index (Phi) is 6.98. The lowest BCUT2D eigenvalue weighted by atomic mass is 9.94. The van der Waals surface area contributed by atoms with Crippen LogP contribution in [-0.4, -0.2) is 18.8 Å². The van der Waals surface area contributed by atoms with E-state index in [2.05, 4.69) is 12.2 Å². The molecule has 0 aliphatic heterocycles. The quantitative estimate of drug-likeness (QED) is 0.696. The van der Waals surface area contributed by atoms with Crippen molar-refractivity contribution in [1.82, 2.24) is 5.32 Å². The largest absolute Gasteiger partial charge is 0.389 e. The van der Waals surface area contributed by atoms with Gasteiger partial charge in [-0.25, -0.2) is 0 Å². The van der Waals surface area contributed by atoms with Crippen molar-refractivity contribution in [3.8, 4) is 0 Å². The Morgan fingerprint density at radius 2 is 1.80 bits per heavy atom. The van der Waals surface area contributed by atoms with Crippen molar-refractivity contribution >= 4 is 0 Å². The van der Waals surface area contributed by atoms with Crippen LogP contribution in [0.2, 0.25) is 0 Å². The van der Waals surface area contributed by atoms with Crippen molar-refractivity contribution in [1.29, 1.82) is 0 Å². The molecule has 0 aromatic heterocycles. The molecule has 0 rings (SSSR count). The zero-order valence-corrected chi connectivity index (χ0v) is 9.82. The molecule has 15 heavy (non-hydrogen) atoms. The molecule has 0 aromatic rings. The third-order valence-electron chi connectivity index (χ3n) is 2.71. The molecule has 1 N–H and O–H groups in total. The van der Waals surface area contributed by atoms with Crippen LogP contribution in [0.4, 0.5) is 13.2 Å². The van der Waals surface area contributed by atoms with Gasteiger partial charge >= 0.3 is 6.18 Å². The average molecular weight is 225 g/mol. The summed E-state index contributed by atoms with van der Waals surface area (Å²) < 4.78 is 35.8. The van der Waals surface area contributed by atoms with Crippen LogP contribution in [0.25, 0.3) is 0 Å². The Morgan fingerprint density at radius 3 is 2.20 bits per heavy atom. The molecule has 0 fully saturated rings. The van der Waals surface area contributed by atoms with Gasteiger partial charge in [-0.15, -0.1) is 0 Å². The maximum atomic E-state index is 11.9. The van der Waals surface area contributed by atoms with E-state index < -0.39 is 12.6 Å². The van der Waals surface area contributed by atoms with E-state index in [1.54, 1.807) is 0 Å². The predicted octanol–water partition coefficient (Wildman–Crippen LogP) is 3.74. The van der Waals surface area contributed by atoms with Gasteiger partial charge in [0, 0.05) is 12.5 Å². The van der Waals surface area contributed by atoms with E-state index in [9.17, 15) is 13.2 Å². The zero-order valence-electron chi connectivity index (χ0n) is 9.82. The summed E-state index contributed by atoms with van der Waals surface area (Å²) in [6, 6.07) is 0.350. The number of nitrogens with one attached hydrogen (secondary N) is 1. The fraction of sp³-hybridized carbons (Fsp3) is 1.00. The lowest BCUT2D eigenvalue weighted by Gasteiger charge is -2.23. The second-order valence-electron chi connectivity index (χ2n) is 4.06. The summed E-state index contributed by atoms with van der Waals surface area (Å²) in [6.07, 6.45) is -2.79. The Balaban J connectivity index is 3.75. The highest BCUT2D eigenvalue weighted by atomic mass is 19.4. The van der Waals surface area contributed by atoms with Crippen molar-refractivity contribution in [2.24, 2.45) is 5.92 Å². The van der Waals surface area contributed by atoms with E-state index >= 15 is 0 Å². The summed E-state index contributed by atoms with van der Waals surface area (Å²) in [5, 5.41) is 3.30. The predicted molar refractivity (Wildman–Crippen MR) is 56.8 cm³/mol. The number of halogens is 3. The van der Waals surface area contributed by atoms with Crippen LogP contribution in [0.3, 0.4) is 0 Å². The molecule has 0 aliphatic carbocycles. The first-order valence-corrected chi connectivity index (χ1v) is 5.70. The minimum absolute atomic E-state index is 0.243. The number of rotatable bonds is 7. The Labute approximate surface area is 90.4 Å². The molecule has 0 aliphatic rings. The van der Waals surface area contributed by atoms with Crippen molar-refractivity contribution in [2.45, 2.75) is 58.7 Å². The first-order chi connectivity index (χ1) is 6.90. The van der Waals surface area contributed by atoms with E-state index in [0.29, 0.717) is 18.4 Å². The van der Waals surface area contributed by atoms with Crippen LogP contribution < -0.4 is 5.32 Å². The normalized spacial score (nSPS) is 16.4. The molecule has 0 bridgehead atoms. The smallest absolute Gasteiger partial charge is 0.314 e. The molecule has 0 amide bonds. The van der Waals surface area contributed by atoms with Gasteiger partial charge in [-0.1, -0.05) is 20.8 Å². The SMILES string of the molecule is CCNC(CC)C(C)CCCC(F)(F)F. The topological polar surface area (TPSA) is 12.0 Å². The number of hydrogen-bond donors (Lipinski definition) is 1. The lowest BCUT2D eigenvalue weighted by Crippen LogP contribution is -2.34. The van der Waals surface area contributed by atoms with Crippen LogP contribution in [0.1, 0.15) is 46.5 Å². The molecule has 2 atom stereocenters. The van der Waals surface area contributed by atoms with Crippen LogP contribution in [0.5, 0.6) is 0 Å². The van der Waals surface area contributed by atoms with E-state index in [1.807, 2.05) is 13.8 Å². The lowest BCUT2D eigenvalue weighted by molar-refractivity contribution is -0.136. The fourth-order valence-corrected chi connectivity index (χ4v) is 1.84. The van der Waals surface area contributed by atoms with Crippen LogP contribution >= 0.6 is 0 Å². The van der Waals surface area contributed by atoms with Gasteiger partial charge in [0.15, 0.2) is 0 Å². The second-order valence-corrected chi connectivity index (χ2v) is 4.06. The third kappa shape index (κ3) is 7.65. The van der Waals surface area contributed by atoms with Crippen LogP contribution in [0.15, 0.2) is 0 Å². The van der Waals surface area contributed by atoms with Crippen LogP contribution in [-0.2, 0) is 0 Å². The van der Waals surface area contributed by atoms with Gasteiger partial charge < -0.3 is 5.32 Å². The molecule has 0 saturated heterocycles. The highest BCUT2D eigenvalue weighted by Gasteiger charge is 2.26. The monoisotopic (exact) mass is 225 g/mol. The van der Waals surface area contributed by atoms with Crippen molar-refractivity contribution in [2.75, 3.05) is 6.54 Å². The maximum absolute atomic E-state index is 11.9. The molecule has 0 spiro atoms. The fourth-order valence-electron chi connectivity index (χ4n) is 1.84. The van der Waals surface area contributed by atoms with Gasteiger partial charge in [-0.3, -0.25) is 0 Å². The first-order valence-electron chi connectivity index (χ1n) is 5.70. The van der Waals surface area contributed by atoms with Gasteiger partial charge in [-0.2, -0.15) is 13.2 Å². The summed E-state index contributed by atoms with van der Waals surface area (Å²) in [4.78, 5) is 0. The molecule has 0 heterocycles.